The Hall–Kier alpha value is -0.860. The first kappa shape index (κ1) is 9.69. The Balaban J connectivity index is 2.18. The molecule has 2 nitrogen and oxygen atoms in total. The van der Waals surface area contributed by atoms with Crippen LogP contribution < -0.4 is 10.6 Å². The number of nitrogens with one attached hydrogen (secondary N) is 2. The van der Waals surface area contributed by atoms with Crippen LogP contribution in [0.5, 0.6) is 0 Å². The Morgan fingerprint density at radius 2 is 2.00 bits per heavy atom. The highest BCUT2D eigenvalue weighted by atomic mass is 15.1. The first-order valence-electron chi connectivity index (χ1n) is 5.28. The maximum atomic E-state index is 3.52. The van der Waals surface area contributed by atoms with Crippen molar-refractivity contribution in [2.75, 3.05) is 19.6 Å². The van der Waals surface area contributed by atoms with Crippen molar-refractivity contribution in [3.8, 4) is 0 Å². The average molecular weight is 190 g/mol. The summed E-state index contributed by atoms with van der Waals surface area (Å²) in [6, 6.07) is 7.22. The van der Waals surface area contributed by atoms with E-state index in [1.54, 1.807) is 0 Å². The molecule has 0 radical (unpaired) electrons. The number of rotatable bonds is 1. The molecule has 2 heteroatoms. The minimum Gasteiger partial charge on any atom is -0.314 e. The van der Waals surface area contributed by atoms with E-state index in [-0.39, 0.29) is 0 Å². The predicted octanol–water partition coefficient (Wildman–Crippen LogP) is 1.54. The average Bonchev–Trinajstić information content (AvgIpc) is 2.23. The second-order valence-corrected chi connectivity index (χ2v) is 4.05. The van der Waals surface area contributed by atoms with Gasteiger partial charge in [0.05, 0.1) is 0 Å². The van der Waals surface area contributed by atoms with Gasteiger partial charge in [-0.1, -0.05) is 18.2 Å². The number of benzene rings is 1. The lowest BCUT2D eigenvalue weighted by Crippen LogP contribution is -2.42. The van der Waals surface area contributed by atoms with Crippen molar-refractivity contribution >= 4 is 0 Å². The van der Waals surface area contributed by atoms with Crippen molar-refractivity contribution in [3.63, 3.8) is 0 Å². The van der Waals surface area contributed by atoms with Gasteiger partial charge in [-0.25, -0.2) is 0 Å². The van der Waals surface area contributed by atoms with Crippen molar-refractivity contribution in [3.05, 3.63) is 34.9 Å². The second kappa shape index (κ2) is 4.11. The molecular formula is C12H18N2. The van der Waals surface area contributed by atoms with Crippen molar-refractivity contribution in [1.29, 1.82) is 0 Å². The van der Waals surface area contributed by atoms with Crippen LogP contribution in [0.3, 0.4) is 0 Å². The fraction of sp³-hybridized carbons (Fsp3) is 0.500. The molecule has 1 atom stereocenters. The van der Waals surface area contributed by atoms with E-state index in [0.717, 1.165) is 19.6 Å². The second-order valence-electron chi connectivity index (χ2n) is 4.05. The smallest absolute Gasteiger partial charge is 0.0447 e. The van der Waals surface area contributed by atoms with Gasteiger partial charge in [-0.2, -0.15) is 0 Å². The van der Waals surface area contributed by atoms with Gasteiger partial charge in [-0.05, 0) is 30.5 Å². The quantitative estimate of drug-likeness (QED) is 0.702. The van der Waals surface area contributed by atoms with E-state index < -0.39 is 0 Å². The van der Waals surface area contributed by atoms with E-state index in [4.69, 9.17) is 0 Å². The Morgan fingerprint density at radius 1 is 1.14 bits per heavy atom. The van der Waals surface area contributed by atoms with Gasteiger partial charge in [0.1, 0.15) is 0 Å². The summed E-state index contributed by atoms with van der Waals surface area (Å²) in [7, 11) is 0. The Bertz CT molecular complexity index is 314. The first-order chi connectivity index (χ1) is 6.77. The molecule has 1 fully saturated rings. The van der Waals surface area contributed by atoms with Gasteiger partial charge in [0.15, 0.2) is 0 Å². The third-order valence-corrected chi connectivity index (χ3v) is 2.97. The lowest BCUT2D eigenvalue weighted by molar-refractivity contribution is 0.430. The molecule has 0 aromatic heterocycles. The molecule has 1 heterocycles. The third-order valence-electron chi connectivity index (χ3n) is 2.97. The molecule has 2 N–H and O–H groups in total. The molecule has 1 aromatic carbocycles. The Kier molecular flexibility index (Phi) is 2.85. The highest BCUT2D eigenvalue weighted by molar-refractivity contribution is 5.32. The van der Waals surface area contributed by atoms with Crippen LogP contribution in [0, 0.1) is 13.8 Å². The van der Waals surface area contributed by atoms with Gasteiger partial charge < -0.3 is 10.6 Å². The summed E-state index contributed by atoms with van der Waals surface area (Å²) in [6.07, 6.45) is 0. The van der Waals surface area contributed by atoms with E-state index in [9.17, 15) is 0 Å². The van der Waals surface area contributed by atoms with Gasteiger partial charge >= 0.3 is 0 Å². The van der Waals surface area contributed by atoms with Crippen LogP contribution in [0.4, 0.5) is 0 Å². The number of piperazine rings is 1. The van der Waals surface area contributed by atoms with E-state index >= 15 is 0 Å². The molecule has 1 aliphatic rings. The minimum atomic E-state index is 0.489. The monoisotopic (exact) mass is 190 g/mol. The zero-order valence-corrected chi connectivity index (χ0v) is 8.93. The molecule has 0 bridgehead atoms. The zero-order chi connectivity index (χ0) is 9.97. The summed E-state index contributed by atoms with van der Waals surface area (Å²) in [4.78, 5) is 0. The normalized spacial score (nSPS) is 22.3. The lowest BCUT2D eigenvalue weighted by atomic mass is 10.0. The van der Waals surface area contributed by atoms with Gasteiger partial charge in [0.25, 0.3) is 0 Å². The van der Waals surface area contributed by atoms with E-state index in [2.05, 4.69) is 42.7 Å². The molecule has 76 valence electrons. The lowest BCUT2D eigenvalue weighted by Gasteiger charge is -2.25. The highest BCUT2D eigenvalue weighted by Gasteiger charge is 2.13. The fourth-order valence-corrected chi connectivity index (χ4v) is 1.87. The summed E-state index contributed by atoms with van der Waals surface area (Å²) in [5.41, 5.74) is 4.16. The molecule has 2 rings (SSSR count). The molecule has 1 saturated heterocycles. The molecule has 1 aliphatic heterocycles. The molecule has 0 aliphatic carbocycles. The highest BCUT2D eigenvalue weighted by Crippen LogP contribution is 2.17. The SMILES string of the molecule is Cc1ccc([C@H]2CNCCN2)cc1C. The van der Waals surface area contributed by atoms with Crippen molar-refractivity contribution in [2.45, 2.75) is 19.9 Å². The first-order valence-corrected chi connectivity index (χ1v) is 5.28. The van der Waals surface area contributed by atoms with Crippen LogP contribution >= 0.6 is 0 Å². The van der Waals surface area contributed by atoms with Gasteiger partial charge in [-0.15, -0.1) is 0 Å². The molecular weight excluding hydrogens is 172 g/mol. The topological polar surface area (TPSA) is 24.1 Å². The van der Waals surface area contributed by atoms with E-state index in [0.29, 0.717) is 6.04 Å². The van der Waals surface area contributed by atoms with Gasteiger partial charge in [-0.3, -0.25) is 0 Å². The van der Waals surface area contributed by atoms with E-state index in [1.165, 1.54) is 16.7 Å². The summed E-state index contributed by atoms with van der Waals surface area (Å²) < 4.78 is 0. The molecule has 0 spiro atoms. The zero-order valence-electron chi connectivity index (χ0n) is 8.93. The van der Waals surface area contributed by atoms with Gasteiger partial charge in [0.2, 0.25) is 0 Å². The standard InChI is InChI=1S/C12H18N2/c1-9-3-4-11(7-10(9)2)12-8-13-5-6-14-12/h3-4,7,12-14H,5-6,8H2,1-2H3/t12-/m1/s1. The largest absolute Gasteiger partial charge is 0.314 e. The number of hydrogen-bond donors (Lipinski definition) is 2. The predicted molar refractivity (Wildman–Crippen MR) is 59.5 cm³/mol. The van der Waals surface area contributed by atoms with Crippen LogP contribution in [0.2, 0.25) is 0 Å². The van der Waals surface area contributed by atoms with Crippen molar-refractivity contribution in [2.24, 2.45) is 0 Å². The maximum absolute atomic E-state index is 3.52. The minimum absolute atomic E-state index is 0.489. The number of aryl methyl sites for hydroxylation is 2. The van der Waals surface area contributed by atoms with Crippen LogP contribution in [0.15, 0.2) is 18.2 Å². The molecule has 0 saturated carbocycles. The Labute approximate surface area is 85.7 Å². The number of hydrogen-bond acceptors (Lipinski definition) is 2. The maximum Gasteiger partial charge on any atom is 0.0447 e. The summed E-state index contributed by atoms with van der Waals surface area (Å²) in [5, 5.41) is 6.92. The van der Waals surface area contributed by atoms with Crippen LogP contribution in [0.1, 0.15) is 22.7 Å². The Morgan fingerprint density at radius 3 is 2.64 bits per heavy atom. The van der Waals surface area contributed by atoms with Crippen LogP contribution in [-0.4, -0.2) is 19.6 Å². The van der Waals surface area contributed by atoms with Crippen molar-refractivity contribution in [1.82, 2.24) is 10.6 Å². The summed E-state index contributed by atoms with van der Waals surface area (Å²) in [6.45, 7) is 7.53. The van der Waals surface area contributed by atoms with Gasteiger partial charge in [0, 0.05) is 25.7 Å². The molecule has 14 heavy (non-hydrogen) atoms. The summed E-state index contributed by atoms with van der Waals surface area (Å²) >= 11 is 0. The molecule has 1 aromatic rings. The van der Waals surface area contributed by atoms with Crippen LogP contribution in [-0.2, 0) is 0 Å². The summed E-state index contributed by atoms with van der Waals surface area (Å²) in [5.74, 6) is 0. The van der Waals surface area contributed by atoms with Crippen LogP contribution in [0.25, 0.3) is 0 Å². The fourth-order valence-electron chi connectivity index (χ4n) is 1.87. The van der Waals surface area contributed by atoms with E-state index in [1.807, 2.05) is 0 Å². The third kappa shape index (κ3) is 1.97. The molecule has 0 amide bonds. The van der Waals surface area contributed by atoms with Crippen molar-refractivity contribution < 1.29 is 0 Å². The molecule has 0 unspecified atom stereocenters.